The number of ether oxygens (including phenoxy) is 2. The van der Waals surface area contributed by atoms with Gasteiger partial charge in [-0.3, -0.25) is 23.4 Å². The zero-order valence-electron chi connectivity index (χ0n) is 37.7. The highest BCUT2D eigenvalue weighted by atomic mass is 31.2. The number of rotatable bonds is 38. The minimum atomic E-state index is -4.44. The molecule has 1 fully saturated rings. The number of allylic oxidation sites excluding steroid dienone is 2. The van der Waals surface area contributed by atoms with Crippen molar-refractivity contribution in [1.29, 1.82) is 0 Å². The zero-order valence-corrected chi connectivity index (χ0v) is 38.6. The van der Waals surface area contributed by atoms with E-state index in [0.29, 0.717) is 43.1 Å². The van der Waals surface area contributed by atoms with Crippen molar-refractivity contribution in [2.75, 3.05) is 47.5 Å². The number of ketones is 1. The number of Topliss-reactive ketones (excluding diaryl/α,β-unsaturated/α-hetero) is 1. The molecule has 1 saturated carbocycles. The van der Waals surface area contributed by atoms with Gasteiger partial charge in [-0.2, -0.15) is 0 Å². The monoisotopic (exact) mass is 859 g/mol. The molecule has 13 heteroatoms. The molecule has 0 aromatic rings. The molecule has 1 aliphatic rings. The lowest BCUT2D eigenvalue weighted by molar-refractivity contribution is -0.870. The van der Waals surface area contributed by atoms with E-state index in [1.54, 1.807) is 12.2 Å². The Bertz CT molecular complexity index is 1220. The van der Waals surface area contributed by atoms with Crippen LogP contribution in [-0.4, -0.2) is 103 Å². The van der Waals surface area contributed by atoms with Crippen LogP contribution in [-0.2, 0) is 37.5 Å². The second kappa shape index (κ2) is 33.7. The maximum Gasteiger partial charge on any atom is 0.472 e. The van der Waals surface area contributed by atoms with Crippen molar-refractivity contribution in [1.82, 2.24) is 0 Å². The van der Waals surface area contributed by atoms with Crippen LogP contribution in [0.5, 0.6) is 0 Å². The number of phosphoric acid groups is 1. The molecule has 1 unspecified atom stereocenters. The molecule has 0 radical (unpaired) electrons. The SMILES string of the molecule is CCCCCCCCCCCCCCCCCC(=O)O[C@H](COC(=O)CCC/C=C\C[C@H]1C(=O)C[C@@H](O)[C@@H]1/C=C/[C@@H](O)CCCCC)COP(=O)(O)OCC[N+](C)(C)C. The second-order valence-corrected chi connectivity index (χ2v) is 19.0. The van der Waals surface area contributed by atoms with Crippen LogP contribution in [0.25, 0.3) is 0 Å². The highest BCUT2D eigenvalue weighted by Gasteiger charge is 2.39. The lowest BCUT2D eigenvalue weighted by atomic mass is 9.90. The van der Waals surface area contributed by atoms with E-state index in [-0.39, 0.29) is 50.1 Å². The van der Waals surface area contributed by atoms with Crippen LogP contribution in [0.3, 0.4) is 0 Å². The Morgan fingerprint density at radius 2 is 1.34 bits per heavy atom. The first kappa shape index (κ1) is 55.1. The van der Waals surface area contributed by atoms with Crippen molar-refractivity contribution in [3.8, 4) is 0 Å². The summed E-state index contributed by atoms with van der Waals surface area (Å²) in [6.07, 6.45) is 28.7. The molecule has 1 rings (SSSR count). The van der Waals surface area contributed by atoms with E-state index in [9.17, 15) is 34.1 Å². The normalized spacial score (nSPS) is 19.4. The van der Waals surface area contributed by atoms with E-state index in [0.717, 1.165) is 38.5 Å². The Labute approximate surface area is 358 Å². The van der Waals surface area contributed by atoms with Crippen LogP contribution in [0, 0.1) is 11.8 Å². The van der Waals surface area contributed by atoms with E-state index in [1.807, 2.05) is 33.3 Å². The van der Waals surface area contributed by atoms with Gasteiger partial charge >= 0.3 is 19.8 Å². The van der Waals surface area contributed by atoms with Crippen LogP contribution < -0.4 is 0 Å². The van der Waals surface area contributed by atoms with Gasteiger partial charge in [0.1, 0.15) is 25.5 Å². The van der Waals surface area contributed by atoms with Gasteiger partial charge in [0.05, 0.1) is 40.0 Å². The van der Waals surface area contributed by atoms with Crippen LogP contribution in [0.4, 0.5) is 0 Å². The van der Waals surface area contributed by atoms with Crippen molar-refractivity contribution in [2.45, 2.75) is 193 Å². The number of aliphatic hydroxyl groups excluding tert-OH is 2. The highest BCUT2D eigenvalue weighted by Crippen LogP contribution is 2.43. The number of carbonyl (C=O) groups excluding carboxylic acids is 3. The Hall–Kier alpha value is -1.92. The van der Waals surface area contributed by atoms with Crippen LogP contribution in [0.1, 0.15) is 174 Å². The van der Waals surface area contributed by atoms with Crippen molar-refractivity contribution >= 4 is 25.5 Å². The summed E-state index contributed by atoms with van der Waals surface area (Å²) in [4.78, 5) is 48.1. The summed E-state index contributed by atoms with van der Waals surface area (Å²) in [6, 6.07) is 0. The predicted octanol–water partition coefficient (Wildman–Crippen LogP) is 9.72. The van der Waals surface area contributed by atoms with E-state index in [4.69, 9.17) is 18.5 Å². The van der Waals surface area contributed by atoms with Crippen molar-refractivity contribution in [2.24, 2.45) is 11.8 Å². The number of aliphatic hydroxyl groups is 2. The third kappa shape index (κ3) is 30.7. The molecule has 0 aromatic heterocycles. The third-order valence-corrected chi connectivity index (χ3v) is 11.8. The largest absolute Gasteiger partial charge is 0.472 e. The lowest BCUT2D eigenvalue weighted by Crippen LogP contribution is -2.37. The number of likely N-dealkylation sites (N-methyl/N-ethyl adjacent to an activating group) is 1. The highest BCUT2D eigenvalue weighted by molar-refractivity contribution is 7.47. The Morgan fingerprint density at radius 3 is 1.93 bits per heavy atom. The average molecular weight is 859 g/mol. The Morgan fingerprint density at radius 1 is 0.780 bits per heavy atom. The molecule has 0 aliphatic heterocycles. The third-order valence-electron chi connectivity index (χ3n) is 10.9. The maximum atomic E-state index is 12.7. The first-order valence-corrected chi connectivity index (χ1v) is 24.7. The van der Waals surface area contributed by atoms with Gasteiger partial charge in [0.25, 0.3) is 0 Å². The van der Waals surface area contributed by atoms with Gasteiger partial charge < -0.3 is 29.1 Å². The first-order chi connectivity index (χ1) is 28.2. The van der Waals surface area contributed by atoms with Crippen molar-refractivity contribution < 1.29 is 57.1 Å². The summed E-state index contributed by atoms with van der Waals surface area (Å²) in [5, 5.41) is 20.7. The van der Waals surface area contributed by atoms with E-state index < -0.39 is 44.7 Å². The summed E-state index contributed by atoms with van der Waals surface area (Å²) in [5.74, 6) is -1.69. The van der Waals surface area contributed by atoms with Gasteiger partial charge in [-0.15, -0.1) is 0 Å². The van der Waals surface area contributed by atoms with Gasteiger partial charge in [-0.25, -0.2) is 4.57 Å². The van der Waals surface area contributed by atoms with Crippen molar-refractivity contribution in [3.63, 3.8) is 0 Å². The predicted molar refractivity (Wildman–Crippen MR) is 235 cm³/mol. The van der Waals surface area contributed by atoms with Crippen molar-refractivity contribution in [3.05, 3.63) is 24.3 Å². The van der Waals surface area contributed by atoms with Crippen LogP contribution in [0.2, 0.25) is 0 Å². The molecule has 6 atom stereocenters. The van der Waals surface area contributed by atoms with Gasteiger partial charge in [-0.05, 0) is 32.1 Å². The summed E-state index contributed by atoms with van der Waals surface area (Å²) < 4.78 is 34.3. The number of unbranched alkanes of at least 4 members (excludes halogenated alkanes) is 17. The number of esters is 2. The Kier molecular flexibility index (Phi) is 31.4. The molecule has 0 aromatic carbocycles. The number of quaternary nitrogens is 1. The van der Waals surface area contributed by atoms with Gasteiger partial charge in [0.2, 0.25) is 0 Å². The Balaban J connectivity index is 2.48. The molecule has 0 saturated heterocycles. The fraction of sp³-hybridized carbons (Fsp3) is 0.848. The number of hydrogen-bond donors (Lipinski definition) is 3. The molecule has 0 bridgehead atoms. The quantitative estimate of drug-likeness (QED) is 0.0178. The number of phosphoric ester groups is 1. The van der Waals surface area contributed by atoms with Gasteiger partial charge in [-0.1, -0.05) is 147 Å². The molecule has 59 heavy (non-hydrogen) atoms. The van der Waals surface area contributed by atoms with Crippen LogP contribution in [0.15, 0.2) is 24.3 Å². The fourth-order valence-electron chi connectivity index (χ4n) is 7.11. The first-order valence-electron chi connectivity index (χ1n) is 23.2. The summed E-state index contributed by atoms with van der Waals surface area (Å²) in [5.41, 5.74) is 0. The molecular formula is C46H85NO11P+. The smallest absolute Gasteiger partial charge is 0.462 e. The van der Waals surface area contributed by atoms with E-state index in [1.165, 1.54) is 70.6 Å². The zero-order chi connectivity index (χ0) is 43.8. The molecular weight excluding hydrogens is 773 g/mol. The standard InChI is InChI=1S/C46H84NO11P/c1-6-8-10-11-12-13-14-15-16-17-18-19-20-21-27-31-46(52)58-40(38-57-59(53,54)56-35-34-47(3,4)5)37-55-45(51)30-26-23-22-25-29-41-42(44(50)36-43(41)49)33-32-39(48)28-24-9-7-2/h22,25,32-33,39-42,44,48,50H,6-21,23-24,26-31,34-38H2,1-5H3/p+1/b25-22-,33-32+/t39-,40+,41+,42+,44+/m0/s1. The summed E-state index contributed by atoms with van der Waals surface area (Å²) in [7, 11) is 1.34. The minimum Gasteiger partial charge on any atom is -0.462 e. The molecule has 12 nitrogen and oxygen atoms in total. The second-order valence-electron chi connectivity index (χ2n) is 17.6. The summed E-state index contributed by atoms with van der Waals surface area (Å²) in [6.45, 7) is 4.02. The fourth-order valence-corrected chi connectivity index (χ4v) is 7.85. The average Bonchev–Trinajstić information content (AvgIpc) is 3.44. The molecule has 3 N–H and O–H groups in total. The molecule has 0 heterocycles. The summed E-state index contributed by atoms with van der Waals surface area (Å²) >= 11 is 0. The molecule has 344 valence electrons. The van der Waals surface area contributed by atoms with Gasteiger partial charge in [0.15, 0.2) is 6.10 Å². The molecule has 0 spiro atoms. The minimum absolute atomic E-state index is 0.00294. The topological polar surface area (TPSA) is 166 Å². The molecule has 1 aliphatic carbocycles. The van der Waals surface area contributed by atoms with Crippen LogP contribution >= 0.6 is 7.82 Å². The number of carbonyl (C=O) groups is 3. The maximum absolute atomic E-state index is 12.7. The van der Waals surface area contributed by atoms with Gasteiger partial charge in [0, 0.05) is 31.1 Å². The van der Waals surface area contributed by atoms with E-state index >= 15 is 0 Å². The number of nitrogens with zero attached hydrogens (tertiary/aromatic N) is 1. The molecule has 0 amide bonds. The van der Waals surface area contributed by atoms with E-state index in [2.05, 4.69) is 13.8 Å². The number of hydrogen-bond acceptors (Lipinski definition) is 10. The lowest BCUT2D eigenvalue weighted by Gasteiger charge is -2.24.